The third-order valence-corrected chi connectivity index (χ3v) is 2.98. The van der Waals surface area contributed by atoms with Gasteiger partial charge in [0.15, 0.2) is 5.65 Å². The Hall–Kier alpha value is -1.62. The zero-order chi connectivity index (χ0) is 11.0. The number of anilines is 1. The molecule has 0 atom stereocenters. The van der Waals surface area contributed by atoms with Crippen molar-refractivity contribution in [2.75, 3.05) is 31.7 Å². The number of rotatable bonds is 3. The number of ether oxygens (including phenoxy) is 1. The summed E-state index contributed by atoms with van der Waals surface area (Å²) in [7, 11) is 1.75. The fourth-order valence-electron chi connectivity index (χ4n) is 2.11. The molecule has 1 aliphatic rings. The number of nitrogens with zero attached hydrogens (tertiary/aromatic N) is 4. The summed E-state index contributed by atoms with van der Waals surface area (Å²) in [5, 5.41) is 4.13. The maximum atomic E-state index is 5.13. The van der Waals surface area contributed by atoms with Gasteiger partial charge in [-0.05, 0) is 12.1 Å². The normalized spacial score (nSPS) is 16.7. The molecule has 0 N–H and O–H groups in total. The van der Waals surface area contributed by atoms with Crippen LogP contribution in [0.2, 0.25) is 0 Å². The second-order valence-electron chi connectivity index (χ2n) is 4.18. The van der Waals surface area contributed by atoms with Crippen molar-refractivity contribution in [1.82, 2.24) is 14.6 Å². The predicted molar refractivity (Wildman–Crippen MR) is 60.6 cm³/mol. The van der Waals surface area contributed by atoms with E-state index in [2.05, 4.69) is 21.0 Å². The summed E-state index contributed by atoms with van der Waals surface area (Å²) < 4.78 is 6.94. The molecule has 0 unspecified atom stereocenters. The van der Waals surface area contributed by atoms with Crippen molar-refractivity contribution in [3.8, 4) is 0 Å². The van der Waals surface area contributed by atoms with E-state index in [0.717, 1.165) is 25.3 Å². The van der Waals surface area contributed by atoms with Crippen LogP contribution in [0, 0.1) is 5.92 Å². The molecule has 3 rings (SSSR count). The van der Waals surface area contributed by atoms with E-state index in [-0.39, 0.29) is 0 Å². The number of hydrogen-bond acceptors (Lipinski definition) is 4. The third kappa shape index (κ3) is 1.53. The summed E-state index contributed by atoms with van der Waals surface area (Å²) in [6.45, 7) is 2.98. The highest BCUT2D eigenvalue weighted by Crippen LogP contribution is 2.24. The third-order valence-electron chi connectivity index (χ3n) is 2.98. The molecule has 2 aromatic heterocycles. The van der Waals surface area contributed by atoms with E-state index in [1.54, 1.807) is 18.0 Å². The summed E-state index contributed by atoms with van der Waals surface area (Å²) in [4.78, 5) is 6.44. The van der Waals surface area contributed by atoms with E-state index >= 15 is 0 Å². The van der Waals surface area contributed by atoms with Gasteiger partial charge in [-0.15, -0.1) is 0 Å². The van der Waals surface area contributed by atoms with E-state index in [9.17, 15) is 0 Å². The lowest BCUT2D eigenvalue weighted by atomic mass is 10.0. The highest BCUT2D eigenvalue weighted by Gasteiger charge is 2.26. The molecule has 5 heteroatoms. The van der Waals surface area contributed by atoms with E-state index in [1.165, 1.54) is 5.69 Å². The minimum atomic E-state index is 0.663. The standard InChI is InChI=1S/C11H14N4O/c1-16-7-9-4-14(5-9)10-2-3-11-12-8-13-15(11)6-10/h2-3,6,8-9H,4-5,7H2,1H3. The first-order valence-corrected chi connectivity index (χ1v) is 5.40. The number of aromatic nitrogens is 3. The Labute approximate surface area is 93.6 Å². The Morgan fingerprint density at radius 2 is 2.31 bits per heavy atom. The molecule has 0 aliphatic carbocycles. The van der Waals surface area contributed by atoms with Gasteiger partial charge in [-0.2, -0.15) is 5.10 Å². The second kappa shape index (κ2) is 3.75. The van der Waals surface area contributed by atoms with Gasteiger partial charge in [0, 0.05) is 26.1 Å². The quantitative estimate of drug-likeness (QED) is 0.764. The average Bonchev–Trinajstić information content (AvgIpc) is 2.69. The largest absolute Gasteiger partial charge is 0.384 e. The van der Waals surface area contributed by atoms with Gasteiger partial charge in [-0.25, -0.2) is 9.50 Å². The molecule has 1 saturated heterocycles. The van der Waals surface area contributed by atoms with Crippen molar-refractivity contribution in [3.05, 3.63) is 24.7 Å². The molecule has 0 radical (unpaired) electrons. The Kier molecular flexibility index (Phi) is 2.25. The van der Waals surface area contributed by atoms with Crippen LogP contribution in [0.25, 0.3) is 5.65 Å². The topological polar surface area (TPSA) is 42.7 Å². The van der Waals surface area contributed by atoms with Gasteiger partial charge >= 0.3 is 0 Å². The molecule has 84 valence electrons. The molecule has 0 amide bonds. The van der Waals surface area contributed by atoms with Gasteiger partial charge in [0.25, 0.3) is 0 Å². The van der Waals surface area contributed by atoms with Gasteiger partial charge in [0.1, 0.15) is 6.33 Å². The summed E-state index contributed by atoms with van der Waals surface area (Å²) in [5.74, 6) is 0.663. The molecule has 0 aromatic carbocycles. The zero-order valence-electron chi connectivity index (χ0n) is 9.21. The van der Waals surface area contributed by atoms with Gasteiger partial charge in [0.05, 0.1) is 18.5 Å². The molecule has 0 saturated carbocycles. The SMILES string of the molecule is COCC1CN(c2ccc3ncnn3c2)C1. The molecular weight excluding hydrogens is 204 g/mol. The Bertz CT molecular complexity index is 489. The molecule has 5 nitrogen and oxygen atoms in total. The van der Waals surface area contributed by atoms with E-state index in [0.29, 0.717) is 5.92 Å². The maximum Gasteiger partial charge on any atom is 0.155 e. The van der Waals surface area contributed by atoms with Crippen LogP contribution in [0.15, 0.2) is 24.7 Å². The molecular formula is C11H14N4O. The fourth-order valence-corrected chi connectivity index (χ4v) is 2.11. The summed E-state index contributed by atoms with van der Waals surface area (Å²) in [5.41, 5.74) is 2.09. The van der Waals surface area contributed by atoms with Crippen molar-refractivity contribution in [2.24, 2.45) is 5.92 Å². The number of hydrogen-bond donors (Lipinski definition) is 0. The zero-order valence-corrected chi connectivity index (χ0v) is 9.21. The lowest BCUT2D eigenvalue weighted by Gasteiger charge is -2.40. The molecule has 2 aromatic rings. The van der Waals surface area contributed by atoms with Crippen LogP contribution >= 0.6 is 0 Å². The first kappa shape index (κ1) is 9.59. The minimum Gasteiger partial charge on any atom is -0.384 e. The van der Waals surface area contributed by atoms with Gasteiger partial charge in [-0.1, -0.05) is 0 Å². The molecule has 16 heavy (non-hydrogen) atoms. The van der Waals surface area contributed by atoms with Gasteiger partial charge in [0.2, 0.25) is 0 Å². The van der Waals surface area contributed by atoms with Crippen LogP contribution in [-0.4, -0.2) is 41.4 Å². The molecule has 0 bridgehead atoms. The van der Waals surface area contributed by atoms with E-state index < -0.39 is 0 Å². The van der Waals surface area contributed by atoms with Crippen LogP contribution in [0.5, 0.6) is 0 Å². The van der Waals surface area contributed by atoms with E-state index in [4.69, 9.17) is 4.74 Å². The fraction of sp³-hybridized carbons (Fsp3) is 0.455. The number of fused-ring (bicyclic) bond motifs is 1. The van der Waals surface area contributed by atoms with Crippen molar-refractivity contribution in [1.29, 1.82) is 0 Å². The smallest absolute Gasteiger partial charge is 0.155 e. The first-order chi connectivity index (χ1) is 7.86. The van der Waals surface area contributed by atoms with Gasteiger partial charge in [-0.3, -0.25) is 0 Å². The van der Waals surface area contributed by atoms with Crippen LogP contribution in [0.3, 0.4) is 0 Å². The lowest BCUT2D eigenvalue weighted by molar-refractivity contribution is 0.137. The molecule has 0 spiro atoms. The first-order valence-electron chi connectivity index (χ1n) is 5.40. The van der Waals surface area contributed by atoms with Crippen LogP contribution < -0.4 is 4.90 Å². The summed E-state index contributed by atoms with van der Waals surface area (Å²) in [6, 6.07) is 4.08. The second-order valence-corrected chi connectivity index (χ2v) is 4.18. The van der Waals surface area contributed by atoms with Crippen LogP contribution in [0.1, 0.15) is 0 Å². The monoisotopic (exact) mass is 218 g/mol. The molecule has 1 aliphatic heterocycles. The summed E-state index contributed by atoms with van der Waals surface area (Å²) in [6.07, 6.45) is 3.59. The molecule has 3 heterocycles. The highest BCUT2D eigenvalue weighted by molar-refractivity contribution is 5.52. The maximum absolute atomic E-state index is 5.13. The van der Waals surface area contributed by atoms with Crippen LogP contribution in [0.4, 0.5) is 5.69 Å². The number of methoxy groups -OCH3 is 1. The molecule has 1 fully saturated rings. The Balaban J connectivity index is 1.75. The van der Waals surface area contributed by atoms with E-state index in [1.807, 2.05) is 12.3 Å². The van der Waals surface area contributed by atoms with Gasteiger partial charge < -0.3 is 9.64 Å². The van der Waals surface area contributed by atoms with Crippen molar-refractivity contribution < 1.29 is 4.74 Å². The Morgan fingerprint density at radius 3 is 3.12 bits per heavy atom. The number of pyridine rings is 1. The Morgan fingerprint density at radius 1 is 1.44 bits per heavy atom. The average molecular weight is 218 g/mol. The van der Waals surface area contributed by atoms with Crippen molar-refractivity contribution in [2.45, 2.75) is 0 Å². The van der Waals surface area contributed by atoms with Crippen LogP contribution in [-0.2, 0) is 4.74 Å². The summed E-state index contributed by atoms with van der Waals surface area (Å²) >= 11 is 0. The van der Waals surface area contributed by atoms with Crippen molar-refractivity contribution >= 4 is 11.3 Å². The minimum absolute atomic E-state index is 0.663. The highest BCUT2D eigenvalue weighted by atomic mass is 16.5. The van der Waals surface area contributed by atoms with Crippen molar-refractivity contribution in [3.63, 3.8) is 0 Å². The predicted octanol–water partition coefficient (Wildman–Crippen LogP) is 0.812. The lowest BCUT2D eigenvalue weighted by Crippen LogP contribution is -2.48.